The minimum atomic E-state index is -0.692. The highest BCUT2D eigenvalue weighted by molar-refractivity contribution is 7.99. The standard InChI is InChI=1S/C17H15ClN2O2S/c1-11-6-2-3-7-12(11)16-19-20-17(22-16)23-10-15(21)13-8-4-5-9-14(13)18/h2-9,15,21H,10H2,1H3. The van der Waals surface area contributed by atoms with Crippen LogP contribution < -0.4 is 0 Å². The Morgan fingerprint density at radius 3 is 2.65 bits per heavy atom. The second-order valence-corrected chi connectivity index (χ2v) is 6.41. The molecule has 3 aromatic rings. The lowest BCUT2D eigenvalue weighted by molar-refractivity contribution is 0.204. The van der Waals surface area contributed by atoms with Gasteiger partial charge in [-0.2, -0.15) is 0 Å². The topological polar surface area (TPSA) is 59.2 Å². The fraction of sp³-hybridized carbons (Fsp3) is 0.176. The molecule has 6 heteroatoms. The van der Waals surface area contributed by atoms with Crippen molar-refractivity contribution < 1.29 is 9.52 Å². The minimum absolute atomic E-state index is 0.388. The molecule has 1 aromatic heterocycles. The number of rotatable bonds is 5. The summed E-state index contributed by atoms with van der Waals surface area (Å²) in [6.07, 6.45) is -0.692. The van der Waals surface area contributed by atoms with Gasteiger partial charge in [0.1, 0.15) is 0 Å². The van der Waals surface area contributed by atoms with Crippen LogP contribution in [0.2, 0.25) is 5.02 Å². The number of nitrogens with zero attached hydrogens (tertiary/aromatic N) is 2. The number of hydrogen-bond donors (Lipinski definition) is 1. The van der Waals surface area contributed by atoms with Gasteiger partial charge in [0, 0.05) is 16.3 Å². The lowest BCUT2D eigenvalue weighted by atomic mass is 10.1. The second kappa shape index (κ2) is 7.17. The highest BCUT2D eigenvalue weighted by Gasteiger charge is 2.15. The van der Waals surface area contributed by atoms with Gasteiger partial charge >= 0.3 is 0 Å². The van der Waals surface area contributed by atoms with Crippen molar-refractivity contribution in [2.75, 3.05) is 5.75 Å². The summed E-state index contributed by atoms with van der Waals surface area (Å²) in [4.78, 5) is 0. The lowest BCUT2D eigenvalue weighted by Gasteiger charge is -2.10. The zero-order valence-corrected chi connectivity index (χ0v) is 14.0. The lowest BCUT2D eigenvalue weighted by Crippen LogP contribution is -2.01. The van der Waals surface area contributed by atoms with Gasteiger partial charge in [0.25, 0.3) is 5.22 Å². The van der Waals surface area contributed by atoms with E-state index in [1.807, 2.05) is 43.3 Å². The summed E-state index contributed by atoms with van der Waals surface area (Å²) < 4.78 is 5.66. The molecule has 0 bridgehead atoms. The monoisotopic (exact) mass is 346 g/mol. The van der Waals surface area contributed by atoms with Crippen LogP contribution in [0.15, 0.2) is 58.2 Å². The first-order chi connectivity index (χ1) is 11.1. The molecule has 0 radical (unpaired) electrons. The quantitative estimate of drug-likeness (QED) is 0.688. The molecule has 0 saturated carbocycles. The highest BCUT2D eigenvalue weighted by Crippen LogP contribution is 2.30. The molecule has 0 spiro atoms. The van der Waals surface area contributed by atoms with Gasteiger partial charge in [-0.15, -0.1) is 10.2 Å². The zero-order chi connectivity index (χ0) is 16.2. The predicted molar refractivity (Wildman–Crippen MR) is 91.6 cm³/mol. The SMILES string of the molecule is Cc1ccccc1-c1nnc(SCC(O)c2ccccc2Cl)o1. The highest BCUT2D eigenvalue weighted by atomic mass is 35.5. The molecule has 118 valence electrons. The Labute approximate surface area is 143 Å². The van der Waals surface area contributed by atoms with Crippen molar-refractivity contribution in [3.05, 3.63) is 64.7 Å². The van der Waals surface area contributed by atoms with Gasteiger partial charge in [-0.05, 0) is 30.2 Å². The number of aryl methyl sites for hydroxylation is 1. The molecular formula is C17H15ClN2O2S. The predicted octanol–water partition coefficient (Wildman–Crippen LogP) is 4.52. The van der Waals surface area contributed by atoms with Crippen LogP contribution in [0.25, 0.3) is 11.5 Å². The van der Waals surface area contributed by atoms with Crippen LogP contribution in [-0.2, 0) is 0 Å². The Morgan fingerprint density at radius 2 is 1.87 bits per heavy atom. The molecule has 1 atom stereocenters. The summed E-state index contributed by atoms with van der Waals surface area (Å²) in [6, 6.07) is 15.1. The second-order valence-electron chi connectivity index (χ2n) is 5.04. The largest absolute Gasteiger partial charge is 0.411 e. The van der Waals surface area contributed by atoms with Crippen LogP contribution in [0.5, 0.6) is 0 Å². The molecule has 0 aliphatic heterocycles. The van der Waals surface area contributed by atoms with Crippen LogP contribution in [0, 0.1) is 6.92 Å². The van der Waals surface area contributed by atoms with Gasteiger partial charge in [0.2, 0.25) is 5.89 Å². The van der Waals surface area contributed by atoms with Crippen LogP contribution >= 0.6 is 23.4 Å². The first-order valence-electron chi connectivity index (χ1n) is 7.10. The summed E-state index contributed by atoms with van der Waals surface area (Å²) >= 11 is 7.39. The van der Waals surface area contributed by atoms with Crippen LogP contribution in [0.1, 0.15) is 17.2 Å². The van der Waals surface area contributed by atoms with Crippen molar-refractivity contribution in [1.82, 2.24) is 10.2 Å². The number of benzene rings is 2. The minimum Gasteiger partial charge on any atom is -0.411 e. The van der Waals surface area contributed by atoms with E-state index in [1.54, 1.807) is 12.1 Å². The van der Waals surface area contributed by atoms with E-state index in [9.17, 15) is 5.11 Å². The van der Waals surface area contributed by atoms with Crippen molar-refractivity contribution in [2.24, 2.45) is 0 Å². The van der Waals surface area contributed by atoms with Crippen molar-refractivity contribution in [3.8, 4) is 11.5 Å². The Bertz CT molecular complexity index is 807. The van der Waals surface area contributed by atoms with Gasteiger partial charge in [0.05, 0.1) is 6.10 Å². The fourth-order valence-corrected chi connectivity index (χ4v) is 3.15. The Kier molecular flexibility index (Phi) is 5.00. The first kappa shape index (κ1) is 16.1. The summed E-state index contributed by atoms with van der Waals surface area (Å²) in [5.41, 5.74) is 2.68. The maximum Gasteiger partial charge on any atom is 0.276 e. The Morgan fingerprint density at radius 1 is 1.13 bits per heavy atom. The van der Waals surface area contributed by atoms with E-state index in [1.165, 1.54) is 11.8 Å². The van der Waals surface area contributed by atoms with E-state index < -0.39 is 6.10 Å². The number of aliphatic hydroxyl groups is 1. The van der Waals surface area contributed by atoms with Crippen LogP contribution in [0.3, 0.4) is 0 Å². The molecule has 0 saturated heterocycles. The van der Waals surface area contributed by atoms with Crippen molar-refractivity contribution >= 4 is 23.4 Å². The van der Waals surface area contributed by atoms with Gasteiger partial charge < -0.3 is 9.52 Å². The third kappa shape index (κ3) is 3.75. The summed E-state index contributed by atoms with van der Waals surface area (Å²) in [5.74, 6) is 0.872. The Balaban J connectivity index is 1.68. The molecule has 0 aliphatic carbocycles. The van der Waals surface area contributed by atoms with Gasteiger partial charge in [0.15, 0.2) is 0 Å². The maximum atomic E-state index is 10.2. The van der Waals surface area contributed by atoms with E-state index in [0.717, 1.165) is 11.1 Å². The van der Waals surface area contributed by atoms with E-state index in [-0.39, 0.29) is 0 Å². The third-order valence-corrected chi connectivity index (χ3v) is 4.65. The molecule has 1 N–H and O–H groups in total. The molecule has 4 nitrogen and oxygen atoms in total. The first-order valence-corrected chi connectivity index (χ1v) is 8.46. The number of thioether (sulfide) groups is 1. The van der Waals surface area contributed by atoms with Crippen molar-refractivity contribution in [3.63, 3.8) is 0 Å². The molecule has 1 unspecified atom stereocenters. The smallest absolute Gasteiger partial charge is 0.276 e. The number of aromatic nitrogens is 2. The van der Waals surface area contributed by atoms with Gasteiger partial charge in [-0.25, -0.2) is 0 Å². The van der Waals surface area contributed by atoms with Crippen LogP contribution in [0.4, 0.5) is 0 Å². The van der Waals surface area contributed by atoms with Gasteiger partial charge in [-0.1, -0.05) is 59.8 Å². The van der Waals surface area contributed by atoms with E-state index in [0.29, 0.717) is 27.5 Å². The molecular weight excluding hydrogens is 332 g/mol. The average Bonchev–Trinajstić information content (AvgIpc) is 3.02. The molecule has 2 aromatic carbocycles. The van der Waals surface area contributed by atoms with E-state index >= 15 is 0 Å². The molecule has 0 fully saturated rings. The van der Waals surface area contributed by atoms with E-state index in [2.05, 4.69) is 10.2 Å². The molecule has 0 aliphatic rings. The Hall–Kier alpha value is -1.82. The average molecular weight is 347 g/mol. The fourth-order valence-electron chi connectivity index (χ4n) is 2.18. The molecule has 3 rings (SSSR count). The normalized spacial score (nSPS) is 12.3. The zero-order valence-electron chi connectivity index (χ0n) is 12.4. The summed E-state index contributed by atoms with van der Waals surface area (Å²) in [6.45, 7) is 1.99. The van der Waals surface area contributed by atoms with Crippen LogP contribution in [-0.4, -0.2) is 21.1 Å². The number of hydrogen-bond acceptors (Lipinski definition) is 5. The van der Waals surface area contributed by atoms with E-state index in [4.69, 9.17) is 16.0 Å². The van der Waals surface area contributed by atoms with Gasteiger partial charge in [-0.3, -0.25) is 0 Å². The summed E-state index contributed by atoms with van der Waals surface area (Å²) in [5, 5.41) is 19.3. The summed E-state index contributed by atoms with van der Waals surface area (Å²) in [7, 11) is 0. The number of aliphatic hydroxyl groups excluding tert-OH is 1. The number of halogens is 1. The van der Waals surface area contributed by atoms with Crippen molar-refractivity contribution in [2.45, 2.75) is 18.3 Å². The molecule has 1 heterocycles. The third-order valence-electron chi connectivity index (χ3n) is 3.41. The maximum absolute atomic E-state index is 10.2. The molecule has 23 heavy (non-hydrogen) atoms. The molecule has 0 amide bonds. The van der Waals surface area contributed by atoms with Crippen molar-refractivity contribution in [1.29, 1.82) is 0 Å².